The van der Waals surface area contributed by atoms with Crippen molar-refractivity contribution in [2.24, 2.45) is 0 Å². The van der Waals surface area contributed by atoms with E-state index < -0.39 is 0 Å². The highest BCUT2D eigenvalue weighted by Gasteiger charge is 2.08. The van der Waals surface area contributed by atoms with E-state index in [0.717, 1.165) is 5.56 Å². The van der Waals surface area contributed by atoms with Crippen molar-refractivity contribution in [2.75, 3.05) is 24.3 Å². The molecule has 0 aromatic heterocycles. The SMILES string of the molecule is COc1ccc(NC(C)=O)cc1NCC(=O)NCc1ccc(F)cc1. The van der Waals surface area contributed by atoms with E-state index in [1.165, 1.54) is 26.2 Å². The molecule has 0 spiro atoms. The number of rotatable bonds is 7. The Balaban J connectivity index is 1.91. The van der Waals surface area contributed by atoms with Crippen LogP contribution in [0.15, 0.2) is 42.5 Å². The fourth-order valence-electron chi connectivity index (χ4n) is 2.17. The van der Waals surface area contributed by atoms with Crippen LogP contribution in [0.3, 0.4) is 0 Å². The van der Waals surface area contributed by atoms with Crippen molar-refractivity contribution in [3.8, 4) is 5.75 Å². The van der Waals surface area contributed by atoms with Crippen LogP contribution in [0.2, 0.25) is 0 Å². The molecule has 0 unspecified atom stereocenters. The van der Waals surface area contributed by atoms with Gasteiger partial charge in [-0.1, -0.05) is 12.1 Å². The summed E-state index contributed by atoms with van der Waals surface area (Å²) in [4.78, 5) is 23.1. The second-order valence-corrected chi connectivity index (χ2v) is 5.35. The van der Waals surface area contributed by atoms with Crippen LogP contribution in [0.5, 0.6) is 5.75 Å². The van der Waals surface area contributed by atoms with Crippen LogP contribution in [0.4, 0.5) is 15.8 Å². The molecule has 0 aliphatic carbocycles. The van der Waals surface area contributed by atoms with Gasteiger partial charge in [-0.2, -0.15) is 0 Å². The van der Waals surface area contributed by atoms with Gasteiger partial charge in [0.1, 0.15) is 11.6 Å². The fraction of sp³-hybridized carbons (Fsp3) is 0.222. The lowest BCUT2D eigenvalue weighted by Gasteiger charge is -2.13. The number of anilines is 2. The molecule has 0 fully saturated rings. The molecule has 0 saturated heterocycles. The maximum atomic E-state index is 12.8. The zero-order chi connectivity index (χ0) is 18.2. The smallest absolute Gasteiger partial charge is 0.239 e. The number of amides is 2. The molecule has 2 rings (SSSR count). The van der Waals surface area contributed by atoms with Crippen molar-refractivity contribution in [1.29, 1.82) is 0 Å². The summed E-state index contributed by atoms with van der Waals surface area (Å²) in [6.07, 6.45) is 0. The van der Waals surface area contributed by atoms with E-state index in [2.05, 4.69) is 16.0 Å². The standard InChI is InChI=1S/C18H20FN3O3/c1-12(23)22-15-7-8-17(25-2)16(9-15)20-11-18(24)21-10-13-3-5-14(19)6-4-13/h3-9,20H,10-11H2,1-2H3,(H,21,24)(H,22,23). The van der Waals surface area contributed by atoms with Gasteiger partial charge in [-0.15, -0.1) is 0 Å². The van der Waals surface area contributed by atoms with Crippen LogP contribution in [-0.4, -0.2) is 25.5 Å². The Labute approximate surface area is 145 Å². The van der Waals surface area contributed by atoms with Gasteiger partial charge in [0.25, 0.3) is 0 Å². The summed E-state index contributed by atoms with van der Waals surface area (Å²) in [5, 5.41) is 8.38. The number of halogens is 1. The Kier molecular flexibility index (Phi) is 6.33. The van der Waals surface area contributed by atoms with Crippen molar-refractivity contribution in [3.63, 3.8) is 0 Å². The van der Waals surface area contributed by atoms with E-state index in [0.29, 0.717) is 23.7 Å². The van der Waals surface area contributed by atoms with Gasteiger partial charge in [0, 0.05) is 19.2 Å². The topological polar surface area (TPSA) is 79.5 Å². The van der Waals surface area contributed by atoms with Gasteiger partial charge in [-0.05, 0) is 35.9 Å². The molecule has 25 heavy (non-hydrogen) atoms. The molecule has 6 nitrogen and oxygen atoms in total. The van der Waals surface area contributed by atoms with E-state index in [1.54, 1.807) is 30.3 Å². The zero-order valence-electron chi connectivity index (χ0n) is 14.1. The second-order valence-electron chi connectivity index (χ2n) is 5.35. The number of methoxy groups -OCH3 is 1. The second kappa shape index (κ2) is 8.68. The molecule has 0 atom stereocenters. The highest BCUT2D eigenvalue weighted by atomic mass is 19.1. The number of hydrogen-bond donors (Lipinski definition) is 3. The highest BCUT2D eigenvalue weighted by Crippen LogP contribution is 2.27. The average molecular weight is 345 g/mol. The van der Waals surface area contributed by atoms with Crippen molar-refractivity contribution < 1.29 is 18.7 Å². The summed E-state index contributed by atoms with van der Waals surface area (Å²) < 4.78 is 18.1. The van der Waals surface area contributed by atoms with Crippen LogP contribution in [0.25, 0.3) is 0 Å². The monoisotopic (exact) mass is 345 g/mol. The lowest BCUT2D eigenvalue weighted by molar-refractivity contribution is -0.119. The van der Waals surface area contributed by atoms with Crippen molar-refractivity contribution in [2.45, 2.75) is 13.5 Å². The minimum Gasteiger partial charge on any atom is -0.495 e. The molecule has 2 aromatic carbocycles. The van der Waals surface area contributed by atoms with Gasteiger partial charge in [0.05, 0.1) is 19.3 Å². The number of benzene rings is 2. The molecule has 0 aliphatic heterocycles. The Morgan fingerprint density at radius 2 is 1.84 bits per heavy atom. The maximum absolute atomic E-state index is 12.8. The summed E-state index contributed by atoms with van der Waals surface area (Å²) in [7, 11) is 1.52. The molecule has 0 heterocycles. The number of carbonyl (C=O) groups excluding carboxylic acids is 2. The molecule has 0 radical (unpaired) electrons. The van der Waals surface area contributed by atoms with Gasteiger partial charge in [0.15, 0.2) is 0 Å². The summed E-state index contributed by atoms with van der Waals surface area (Å²) in [6.45, 7) is 1.76. The predicted molar refractivity (Wildman–Crippen MR) is 94.0 cm³/mol. The summed E-state index contributed by atoms with van der Waals surface area (Å²) in [6, 6.07) is 11.0. The minimum absolute atomic E-state index is 0.0288. The van der Waals surface area contributed by atoms with Gasteiger partial charge in [-0.3, -0.25) is 9.59 Å². The molecule has 7 heteroatoms. The minimum atomic E-state index is -0.317. The van der Waals surface area contributed by atoms with Crippen LogP contribution < -0.4 is 20.7 Å². The first kappa shape index (κ1) is 18.3. The molecule has 2 amide bonds. The quantitative estimate of drug-likeness (QED) is 0.720. The maximum Gasteiger partial charge on any atom is 0.239 e. The lowest BCUT2D eigenvalue weighted by atomic mass is 10.2. The number of hydrogen-bond acceptors (Lipinski definition) is 4. The number of ether oxygens (including phenoxy) is 1. The molecule has 2 aromatic rings. The van der Waals surface area contributed by atoms with Crippen molar-refractivity contribution >= 4 is 23.2 Å². The van der Waals surface area contributed by atoms with E-state index >= 15 is 0 Å². The first-order valence-corrected chi connectivity index (χ1v) is 7.68. The molecule has 0 aliphatic rings. The van der Waals surface area contributed by atoms with Crippen molar-refractivity contribution in [1.82, 2.24) is 5.32 Å². The Hall–Kier alpha value is -3.09. The molecular formula is C18H20FN3O3. The molecule has 3 N–H and O–H groups in total. The molecule has 132 valence electrons. The van der Waals surface area contributed by atoms with Crippen LogP contribution in [-0.2, 0) is 16.1 Å². The van der Waals surface area contributed by atoms with Gasteiger partial charge >= 0.3 is 0 Å². The van der Waals surface area contributed by atoms with Crippen LogP contribution in [0, 0.1) is 5.82 Å². The first-order chi connectivity index (χ1) is 12.0. The summed E-state index contributed by atoms with van der Waals surface area (Å²) in [5.74, 6) is -0.173. The number of carbonyl (C=O) groups is 2. The summed E-state index contributed by atoms with van der Waals surface area (Å²) >= 11 is 0. The third kappa shape index (κ3) is 5.80. The van der Waals surface area contributed by atoms with E-state index in [9.17, 15) is 14.0 Å². The van der Waals surface area contributed by atoms with Crippen LogP contribution >= 0.6 is 0 Å². The largest absolute Gasteiger partial charge is 0.495 e. The van der Waals surface area contributed by atoms with E-state index in [-0.39, 0.29) is 24.2 Å². The van der Waals surface area contributed by atoms with Crippen LogP contribution in [0.1, 0.15) is 12.5 Å². The Morgan fingerprint density at radius 1 is 1.12 bits per heavy atom. The average Bonchev–Trinajstić information content (AvgIpc) is 2.59. The Morgan fingerprint density at radius 3 is 2.48 bits per heavy atom. The van der Waals surface area contributed by atoms with Crippen molar-refractivity contribution in [3.05, 3.63) is 53.8 Å². The van der Waals surface area contributed by atoms with E-state index in [4.69, 9.17) is 4.74 Å². The molecule has 0 saturated carbocycles. The Bertz CT molecular complexity index is 748. The summed E-state index contributed by atoms with van der Waals surface area (Å²) in [5.41, 5.74) is 1.99. The van der Waals surface area contributed by atoms with Gasteiger partial charge in [-0.25, -0.2) is 4.39 Å². The normalized spacial score (nSPS) is 10.0. The number of nitrogens with one attached hydrogen (secondary N) is 3. The fourth-order valence-corrected chi connectivity index (χ4v) is 2.17. The highest BCUT2D eigenvalue weighted by molar-refractivity contribution is 5.90. The molecule has 0 bridgehead atoms. The predicted octanol–water partition coefficient (Wildman–Crippen LogP) is 2.52. The molecular weight excluding hydrogens is 325 g/mol. The van der Waals surface area contributed by atoms with Gasteiger partial charge in [0.2, 0.25) is 11.8 Å². The first-order valence-electron chi connectivity index (χ1n) is 7.68. The van der Waals surface area contributed by atoms with Gasteiger partial charge < -0.3 is 20.7 Å². The zero-order valence-corrected chi connectivity index (χ0v) is 14.1. The van der Waals surface area contributed by atoms with E-state index in [1.807, 2.05) is 0 Å². The lowest BCUT2D eigenvalue weighted by Crippen LogP contribution is -2.29. The third-order valence-corrected chi connectivity index (χ3v) is 3.36. The third-order valence-electron chi connectivity index (χ3n) is 3.36.